The number of fused-ring (bicyclic) bond motifs is 1. The van der Waals surface area contributed by atoms with Gasteiger partial charge in [0.25, 0.3) is 5.91 Å². The van der Waals surface area contributed by atoms with Crippen LogP contribution in [0.4, 0.5) is 10.1 Å². The zero-order valence-electron chi connectivity index (χ0n) is 23.1. The topological polar surface area (TPSA) is 92.6 Å². The molecule has 206 valence electrons. The highest BCUT2D eigenvalue weighted by Crippen LogP contribution is 2.42. The first-order valence-electron chi connectivity index (χ1n) is 13.9. The molecule has 1 saturated heterocycles. The molecule has 6 rings (SSSR count). The van der Waals surface area contributed by atoms with Gasteiger partial charge in [0.2, 0.25) is 0 Å². The molecule has 4 heterocycles. The monoisotopic (exact) mass is 532 g/mol. The molecular weight excluding hydrogens is 495 g/mol. The number of hydrogen-bond acceptors (Lipinski definition) is 5. The maximum absolute atomic E-state index is 15.5. The number of likely N-dealkylation sites (tertiary alicyclic amines) is 1. The Morgan fingerprint density at radius 3 is 2.69 bits per heavy atom. The van der Waals surface area contributed by atoms with E-state index in [9.17, 15) is 9.90 Å². The minimum absolute atomic E-state index is 0.0353. The van der Waals surface area contributed by atoms with Crippen LogP contribution in [0.2, 0.25) is 0 Å². The predicted octanol–water partition coefficient (Wildman–Crippen LogP) is 4.44. The number of rotatable bonds is 6. The maximum Gasteiger partial charge on any atom is 0.254 e. The molecule has 3 N–H and O–H groups in total. The van der Waals surface area contributed by atoms with Crippen LogP contribution in [-0.2, 0) is 7.05 Å². The number of nitrogens with two attached hydrogens (primary N) is 1. The second-order valence-electron chi connectivity index (χ2n) is 11.8. The molecule has 9 heteroatoms. The zero-order valence-corrected chi connectivity index (χ0v) is 23.1. The van der Waals surface area contributed by atoms with E-state index in [0.29, 0.717) is 41.9 Å². The van der Waals surface area contributed by atoms with Gasteiger partial charge in [-0.05, 0) is 57.4 Å². The fourth-order valence-corrected chi connectivity index (χ4v) is 6.24. The molecule has 2 aromatic carbocycles. The lowest BCUT2D eigenvalue weighted by molar-refractivity contribution is 0.0727. The molecule has 0 saturated carbocycles. The van der Waals surface area contributed by atoms with Crippen LogP contribution >= 0.6 is 0 Å². The summed E-state index contributed by atoms with van der Waals surface area (Å²) in [7, 11) is 1.83. The van der Waals surface area contributed by atoms with E-state index in [1.807, 2.05) is 20.9 Å². The lowest BCUT2D eigenvalue weighted by Gasteiger charge is -2.37. The average molecular weight is 533 g/mol. The van der Waals surface area contributed by atoms with Crippen LogP contribution in [0, 0.1) is 5.82 Å². The predicted molar refractivity (Wildman–Crippen MR) is 153 cm³/mol. The first kappa shape index (κ1) is 25.8. The number of nitrogens with zero attached hydrogens (tertiary/aromatic N) is 5. The number of amides is 1. The van der Waals surface area contributed by atoms with Crippen molar-refractivity contribution in [3.05, 3.63) is 47.8 Å². The van der Waals surface area contributed by atoms with Crippen molar-refractivity contribution >= 4 is 33.5 Å². The molecule has 0 bridgehead atoms. The molecule has 0 spiro atoms. The Kier molecular flexibility index (Phi) is 6.19. The number of aryl methyl sites for hydroxylation is 1. The van der Waals surface area contributed by atoms with Crippen LogP contribution in [0.1, 0.15) is 56.4 Å². The summed E-state index contributed by atoms with van der Waals surface area (Å²) >= 11 is 0. The molecule has 8 nitrogen and oxygen atoms in total. The van der Waals surface area contributed by atoms with E-state index in [1.54, 1.807) is 15.5 Å². The van der Waals surface area contributed by atoms with Crippen LogP contribution < -0.4 is 10.6 Å². The Balaban J connectivity index is 1.46. The first-order valence-corrected chi connectivity index (χ1v) is 13.9. The highest BCUT2D eigenvalue weighted by molar-refractivity contribution is 5.99. The molecular formula is C30H37FN6O2. The smallest absolute Gasteiger partial charge is 0.254 e. The van der Waals surface area contributed by atoms with Gasteiger partial charge >= 0.3 is 0 Å². The van der Waals surface area contributed by atoms with E-state index in [-0.39, 0.29) is 18.0 Å². The van der Waals surface area contributed by atoms with Gasteiger partial charge in [-0.1, -0.05) is 19.1 Å². The number of carbonyl (C=O) groups is 1. The quantitative estimate of drug-likeness (QED) is 0.383. The second-order valence-corrected chi connectivity index (χ2v) is 11.8. The number of aromatic nitrogens is 3. The summed E-state index contributed by atoms with van der Waals surface area (Å²) in [6.45, 7) is 8.52. The summed E-state index contributed by atoms with van der Waals surface area (Å²) < 4.78 is 19.7. The number of hydrogen-bond donors (Lipinski definition) is 2. The number of para-hydroxylation sites is 1. The van der Waals surface area contributed by atoms with Gasteiger partial charge in [-0.2, -0.15) is 0 Å². The van der Waals surface area contributed by atoms with Gasteiger partial charge in [0.15, 0.2) is 5.82 Å². The molecule has 0 aliphatic carbocycles. The van der Waals surface area contributed by atoms with Crippen molar-refractivity contribution in [1.29, 1.82) is 0 Å². The number of benzene rings is 2. The first-order chi connectivity index (χ1) is 18.6. The van der Waals surface area contributed by atoms with Gasteiger partial charge < -0.3 is 29.8 Å². The standard InChI is InChI=1S/C30H37FN6O2/c1-5-21-17-35(12-10-30(2,3)39)24-8-6-7-18-15-25(37(21)26(18)24)28-33-23-14-19(13-22(31)27(23)34(28)4)29(38)36-11-9-20(32)16-36/h6-8,13-15,20-21,39H,5,9-12,16-17,32H2,1-4H3/t20-,21?/m1/s1. The maximum atomic E-state index is 15.5. The van der Waals surface area contributed by atoms with Crippen molar-refractivity contribution in [3.8, 4) is 11.5 Å². The number of aliphatic hydroxyl groups is 1. The normalized spacial score (nSPS) is 19.6. The molecule has 1 fully saturated rings. The Labute approximate surface area is 227 Å². The third-order valence-electron chi connectivity index (χ3n) is 8.35. The summed E-state index contributed by atoms with van der Waals surface area (Å²) in [5.74, 6) is 0.00409. The van der Waals surface area contributed by atoms with Crippen LogP contribution in [0.3, 0.4) is 0 Å². The number of carbonyl (C=O) groups excluding carboxylic acids is 1. The van der Waals surface area contributed by atoms with Crippen LogP contribution in [0.25, 0.3) is 33.5 Å². The molecule has 39 heavy (non-hydrogen) atoms. The Hall–Kier alpha value is -3.43. The molecule has 4 aromatic rings. The van der Waals surface area contributed by atoms with Crippen LogP contribution in [0.15, 0.2) is 36.4 Å². The summed E-state index contributed by atoms with van der Waals surface area (Å²) in [5, 5.41) is 11.5. The van der Waals surface area contributed by atoms with E-state index in [0.717, 1.165) is 48.2 Å². The van der Waals surface area contributed by atoms with Gasteiger partial charge in [-0.3, -0.25) is 4.79 Å². The molecule has 0 radical (unpaired) electrons. The van der Waals surface area contributed by atoms with Gasteiger partial charge in [0, 0.05) is 50.2 Å². The van der Waals surface area contributed by atoms with Crippen molar-refractivity contribution in [2.45, 2.75) is 57.7 Å². The van der Waals surface area contributed by atoms with E-state index < -0.39 is 11.4 Å². The summed E-state index contributed by atoms with van der Waals surface area (Å²) in [4.78, 5) is 22.0. The van der Waals surface area contributed by atoms with E-state index >= 15 is 4.39 Å². The third-order valence-corrected chi connectivity index (χ3v) is 8.35. The molecule has 2 aliphatic rings. The number of anilines is 1. The second kappa shape index (κ2) is 9.34. The van der Waals surface area contributed by atoms with Gasteiger partial charge in [-0.25, -0.2) is 9.37 Å². The van der Waals surface area contributed by atoms with E-state index in [2.05, 4.69) is 40.7 Å². The molecule has 1 amide bonds. The van der Waals surface area contributed by atoms with Crippen molar-refractivity contribution in [2.24, 2.45) is 12.8 Å². The summed E-state index contributed by atoms with van der Waals surface area (Å²) in [6, 6.07) is 11.6. The number of imidazole rings is 1. The molecule has 2 atom stereocenters. The van der Waals surface area contributed by atoms with Crippen molar-refractivity contribution in [2.75, 3.05) is 31.1 Å². The van der Waals surface area contributed by atoms with Crippen LogP contribution in [0.5, 0.6) is 0 Å². The average Bonchev–Trinajstić information content (AvgIpc) is 3.59. The van der Waals surface area contributed by atoms with Crippen molar-refractivity contribution in [1.82, 2.24) is 19.0 Å². The molecule has 1 unspecified atom stereocenters. The number of halogens is 1. The fourth-order valence-electron chi connectivity index (χ4n) is 6.24. The molecule has 2 aromatic heterocycles. The van der Waals surface area contributed by atoms with E-state index in [4.69, 9.17) is 10.7 Å². The minimum Gasteiger partial charge on any atom is -0.390 e. The highest BCUT2D eigenvalue weighted by atomic mass is 19.1. The summed E-state index contributed by atoms with van der Waals surface area (Å²) in [6.07, 6.45) is 2.34. The lowest BCUT2D eigenvalue weighted by atomic mass is 10.0. The van der Waals surface area contributed by atoms with Crippen molar-refractivity contribution < 1.29 is 14.3 Å². The Morgan fingerprint density at radius 2 is 2.00 bits per heavy atom. The minimum atomic E-state index is -0.738. The van der Waals surface area contributed by atoms with Crippen LogP contribution in [-0.4, -0.2) is 67.9 Å². The van der Waals surface area contributed by atoms with Gasteiger partial charge in [0.05, 0.1) is 34.1 Å². The molecule has 2 aliphatic heterocycles. The Morgan fingerprint density at radius 1 is 1.21 bits per heavy atom. The van der Waals surface area contributed by atoms with E-state index in [1.165, 1.54) is 6.07 Å². The zero-order chi connectivity index (χ0) is 27.6. The fraction of sp³-hybridized carbons (Fsp3) is 0.467. The van der Waals surface area contributed by atoms with Crippen molar-refractivity contribution in [3.63, 3.8) is 0 Å². The van der Waals surface area contributed by atoms with Gasteiger partial charge in [-0.15, -0.1) is 0 Å². The highest BCUT2D eigenvalue weighted by Gasteiger charge is 2.31. The lowest BCUT2D eigenvalue weighted by Crippen LogP contribution is -2.38. The third kappa shape index (κ3) is 4.37. The Bertz CT molecular complexity index is 1580. The largest absolute Gasteiger partial charge is 0.390 e. The SMILES string of the molecule is CCC1CN(CCC(C)(C)O)c2cccc3cc(-c4nc5cc(C(=O)N6CC[C@@H](N)C6)cc(F)c5n4C)n1c23. The van der Waals surface area contributed by atoms with Gasteiger partial charge in [0.1, 0.15) is 11.3 Å². The summed E-state index contributed by atoms with van der Waals surface area (Å²) in [5.41, 5.74) is 9.61.